The predicted octanol–water partition coefficient (Wildman–Crippen LogP) is 0.976. The first-order valence-electron chi connectivity index (χ1n) is 2.34. The largest absolute Gasteiger partial charge is 0.397 e. The van der Waals surface area contributed by atoms with Gasteiger partial charge in [-0.05, 0) is 17.7 Å². The maximum Gasteiger partial charge on any atom is 0.268 e. The Hall–Kier alpha value is -0.960. The second kappa shape index (κ2) is 2.11. The number of nitrogens with one attached hydrogen (secondary N) is 1. The number of anilines is 1. The number of halogens is 1. The van der Waals surface area contributed by atoms with Crippen LogP contribution in [-0.4, -0.2) is 10.2 Å². The molecule has 1 aromatic heterocycles. The van der Waals surface area contributed by atoms with Crippen LogP contribution in [0.1, 0.15) is 10.5 Å². The summed E-state index contributed by atoms with van der Waals surface area (Å²) in [6.07, 6.45) is 1.51. The molecule has 1 aromatic rings. The Labute approximate surface area is 56.8 Å². The second-order valence-electron chi connectivity index (χ2n) is 1.62. The highest BCUT2D eigenvalue weighted by molar-refractivity contribution is 6.67. The van der Waals surface area contributed by atoms with Crippen molar-refractivity contribution >= 4 is 22.5 Å². The Balaban J connectivity index is 2.98. The molecule has 0 amide bonds. The molecule has 0 saturated heterocycles. The van der Waals surface area contributed by atoms with Crippen molar-refractivity contribution in [2.45, 2.75) is 0 Å². The van der Waals surface area contributed by atoms with Gasteiger partial charge in [0.05, 0.1) is 0 Å². The van der Waals surface area contributed by atoms with E-state index in [0.717, 1.165) is 0 Å². The lowest BCUT2D eigenvalue weighted by Crippen LogP contribution is -1.85. The van der Waals surface area contributed by atoms with E-state index in [-0.39, 0.29) is 0 Å². The molecule has 48 valence electrons. The van der Waals surface area contributed by atoms with Gasteiger partial charge in [-0.1, -0.05) is 0 Å². The van der Waals surface area contributed by atoms with Crippen molar-refractivity contribution in [3.05, 3.63) is 18.0 Å². The first kappa shape index (κ1) is 6.16. The molecule has 0 bridgehead atoms. The molecule has 0 fully saturated rings. The average molecular weight is 145 g/mol. The fourth-order valence-electron chi connectivity index (χ4n) is 0.525. The molecular weight excluding hydrogens is 140 g/mol. The predicted molar refractivity (Wildman–Crippen MR) is 35.4 cm³/mol. The topological polar surface area (TPSA) is 58.9 Å². The first-order valence-corrected chi connectivity index (χ1v) is 2.71. The van der Waals surface area contributed by atoms with E-state index < -0.39 is 5.24 Å². The lowest BCUT2D eigenvalue weighted by atomic mass is 10.4. The standard InChI is InChI=1S/C5H5ClN2O/c6-5(9)4-1-3(7)2-8-4/h1-2,8H,7H2. The summed E-state index contributed by atoms with van der Waals surface area (Å²) in [4.78, 5) is 12.9. The summed E-state index contributed by atoms with van der Waals surface area (Å²) in [5, 5.41) is -0.522. The summed E-state index contributed by atoms with van der Waals surface area (Å²) in [6, 6.07) is 1.48. The van der Waals surface area contributed by atoms with Crippen LogP contribution in [-0.2, 0) is 0 Å². The number of nitrogens with two attached hydrogens (primary N) is 1. The SMILES string of the molecule is Nc1c[nH]c(C(=O)Cl)c1. The molecule has 0 atom stereocenters. The van der Waals surface area contributed by atoms with Gasteiger partial charge in [-0.2, -0.15) is 0 Å². The van der Waals surface area contributed by atoms with Gasteiger partial charge in [0.1, 0.15) is 5.69 Å². The van der Waals surface area contributed by atoms with Crippen LogP contribution in [0.2, 0.25) is 0 Å². The van der Waals surface area contributed by atoms with Crippen molar-refractivity contribution in [2.75, 3.05) is 5.73 Å². The van der Waals surface area contributed by atoms with E-state index in [1.54, 1.807) is 0 Å². The van der Waals surface area contributed by atoms with E-state index >= 15 is 0 Å². The third-order valence-corrected chi connectivity index (χ3v) is 1.12. The van der Waals surface area contributed by atoms with Crippen molar-refractivity contribution in [3.8, 4) is 0 Å². The number of carbonyl (C=O) groups is 1. The summed E-state index contributed by atoms with van der Waals surface area (Å²) < 4.78 is 0. The van der Waals surface area contributed by atoms with Crippen molar-refractivity contribution < 1.29 is 4.79 Å². The summed E-state index contributed by atoms with van der Waals surface area (Å²) in [5.41, 5.74) is 6.12. The van der Waals surface area contributed by atoms with E-state index in [2.05, 4.69) is 4.98 Å². The van der Waals surface area contributed by atoms with Gasteiger partial charge < -0.3 is 10.7 Å². The minimum Gasteiger partial charge on any atom is -0.397 e. The molecule has 0 aliphatic carbocycles. The Bertz CT molecular complexity index is 231. The summed E-state index contributed by atoms with van der Waals surface area (Å²) in [7, 11) is 0. The third kappa shape index (κ3) is 1.23. The Morgan fingerprint density at radius 3 is 2.67 bits per heavy atom. The third-order valence-electron chi connectivity index (χ3n) is 0.917. The number of hydrogen-bond acceptors (Lipinski definition) is 2. The number of carbonyl (C=O) groups excluding carboxylic acids is 1. The number of aromatic nitrogens is 1. The van der Waals surface area contributed by atoms with Crippen molar-refractivity contribution in [3.63, 3.8) is 0 Å². The van der Waals surface area contributed by atoms with Crippen LogP contribution in [0.5, 0.6) is 0 Å². The molecule has 1 heterocycles. The maximum absolute atomic E-state index is 10.3. The van der Waals surface area contributed by atoms with E-state index in [0.29, 0.717) is 11.4 Å². The molecular formula is C5H5ClN2O. The second-order valence-corrected chi connectivity index (χ2v) is 1.96. The number of H-pyrrole nitrogens is 1. The summed E-state index contributed by atoms with van der Waals surface area (Å²) in [5.74, 6) is 0. The summed E-state index contributed by atoms with van der Waals surface area (Å²) >= 11 is 5.09. The van der Waals surface area contributed by atoms with E-state index in [4.69, 9.17) is 17.3 Å². The fraction of sp³-hybridized carbons (Fsp3) is 0. The van der Waals surface area contributed by atoms with Gasteiger partial charge in [0, 0.05) is 11.9 Å². The molecule has 0 aromatic carbocycles. The van der Waals surface area contributed by atoms with Crippen LogP contribution in [0.15, 0.2) is 12.3 Å². The molecule has 0 aliphatic rings. The van der Waals surface area contributed by atoms with Crippen LogP contribution >= 0.6 is 11.6 Å². The molecule has 1 rings (SSSR count). The first-order chi connectivity index (χ1) is 4.20. The Kier molecular flexibility index (Phi) is 1.44. The van der Waals surface area contributed by atoms with Gasteiger partial charge in [-0.25, -0.2) is 0 Å². The molecule has 0 radical (unpaired) electrons. The molecule has 0 aliphatic heterocycles. The molecule has 3 N–H and O–H groups in total. The highest BCUT2D eigenvalue weighted by Gasteiger charge is 2.01. The molecule has 4 heteroatoms. The Morgan fingerprint density at radius 1 is 1.78 bits per heavy atom. The van der Waals surface area contributed by atoms with Crippen molar-refractivity contribution in [2.24, 2.45) is 0 Å². The summed E-state index contributed by atoms with van der Waals surface area (Å²) in [6.45, 7) is 0. The molecule has 0 unspecified atom stereocenters. The van der Waals surface area contributed by atoms with Crippen molar-refractivity contribution in [1.82, 2.24) is 4.98 Å². The maximum atomic E-state index is 10.3. The monoisotopic (exact) mass is 144 g/mol. The molecule has 3 nitrogen and oxygen atoms in total. The zero-order valence-corrected chi connectivity index (χ0v) is 5.27. The highest BCUT2D eigenvalue weighted by atomic mass is 35.5. The lowest BCUT2D eigenvalue weighted by Gasteiger charge is -1.79. The van der Waals surface area contributed by atoms with Gasteiger partial charge in [0.25, 0.3) is 5.24 Å². The van der Waals surface area contributed by atoms with Crippen LogP contribution < -0.4 is 5.73 Å². The minimum absolute atomic E-state index is 0.328. The van der Waals surface area contributed by atoms with Gasteiger partial charge in [0.15, 0.2) is 0 Å². The van der Waals surface area contributed by atoms with Crippen molar-refractivity contribution in [1.29, 1.82) is 0 Å². The van der Waals surface area contributed by atoms with Crippen LogP contribution in [0.25, 0.3) is 0 Å². The Morgan fingerprint density at radius 2 is 2.44 bits per heavy atom. The quantitative estimate of drug-likeness (QED) is 0.578. The average Bonchev–Trinajstić information content (AvgIpc) is 2.14. The van der Waals surface area contributed by atoms with Gasteiger partial charge in [-0.3, -0.25) is 4.79 Å². The molecule has 9 heavy (non-hydrogen) atoms. The smallest absolute Gasteiger partial charge is 0.268 e. The number of hydrogen-bond donors (Lipinski definition) is 2. The van der Waals surface area contributed by atoms with Crippen LogP contribution in [0.3, 0.4) is 0 Å². The molecule has 0 spiro atoms. The van der Waals surface area contributed by atoms with Gasteiger partial charge in [-0.15, -0.1) is 0 Å². The number of nitrogen functional groups attached to an aromatic ring is 1. The lowest BCUT2D eigenvalue weighted by molar-refractivity contribution is 0.107. The van der Waals surface area contributed by atoms with E-state index in [9.17, 15) is 4.79 Å². The van der Waals surface area contributed by atoms with E-state index in [1.807, 2.05) is 0 Å². The van der Waals surface area contributed by atoms with Crippen LogP contribution in [0, 0.1) is 0 Å². The fourth-order valence-corrected chi connectivity index (χ4v) is 0.634. The number of aromatic amines is 1. The van der Waals surface area contributed by atoms with Gasteiger partial charge >= 0.3 is 0 Å². The minimum atomic E-state index is -0.522. The van der Waals surface area contributed by atoms with Gasteiger partial charge in [0.2, 0.25) is 0 Å². The van der Waals surface area contributed by atoms with E-state index in [1.165, 1.54) is 12.3 Å². The zero-order valence-electron chi connectivity index (χ0n) is 4.52. The number of rotatable bonds is 1. The normalized spacial score (nSPS) is 9.44. The van der Waals surface area contributed by atoms with Crippen LogP contribution in [0.4, 0.5) is 5.69 Å². The highest BCUT2D eigenvalue weighted by Crippen LogP contribution is 2.06. The molecule has 0 saturated carbocycles. The zero-order chi connectivity index (χ0) is 6.85.